The van der Waals surface area contributed by atoms with Gasteiger partial charge in [-0.25, -0.2) is 4.98 Å². The zero-order valence-electron chi connectivity index (χ0n) is 11.2. The van der Waals surface area contributed by atoms with Crippen molar-refractivity contribution in [3.8, 4) is 0 Å². The van der Waals surface area contributed by atoms with Crippen molar-refractivity contribution in [3.63, 3.8) is 0 Å². The second-order valence-corrected chi connectivity index (χ2v) is 6.23. The van der Waals surface area contributed by atoms with Crippen LogP contribution in [0, 0.1) is 0 Å². The van der Waals surface area contributed by atoms with Crippen molar-refractivity contribution in [2.24, 2.45) is 0 Å². The Kier molecular flexibility index (Phi) is 3.76. The van der Waals surface area contributed by atoms with Gasteiger partial charge in [-0.2, -0.15) is 0 Å². The molecule has 0 N–H and O–H groups in total. The number of fused-ring (bicyclic) bond motifs is 1. The van der Waals surface area contributed by atoms with Crippen LogP contribution in [0.5, 0.6) is 0 Å². The molecule has 0 aliphatic carbocycles. The predicted molar refractivity (Wildman–Crippen MR) is 81.3 cm³/mol. The molecule has 1 unspecified atom stereocenters. The molecular formula is C15H15ClN2OS. The summed E-state index contributed by atoms with van der Waals surface area (Å²) in [5.74, 6) is 0.0398. The van der Waals surface area contributed by atoms with Gasteiger partial charge < -0.3 is 4.90 Å². The van der Waals surface area contributed by atoms with E-state index in [0.717, 1.165) is 19.4 Å². The van der Waals surface area contributed by atoms with Crippen molar-refractivity contribution in [2.45, 2.75) is 25.8 Å². The first kappa shape index (κ1) is 13.6. The van der Waals surface area contributed by atoms with Gasteiger partial charge in [-0.3, -0.25) is 4.79 Å². The molecule has 3 nitrogen and oxygen atoms in total. The van der Waals surface area contributed by atoms with Crippen LogP contribution >= 0.6 is 22.9 Å². The van der Waals surface area contributed by atoms with Crippen molar-refractivity contribution in [2.75, 3.05) is 6.54 Å². The maximum atomic E-state index is 12.7. The minimum absolute atomic E-state index is 0.0398. The number of carbonyl (C=O) groups is 1. The highest BCUT2D eigenvalue weighted by Gasteiger charge is 2.30. The first-order valence-electron chi connectivity index (χ1n) is 6.69. The fourth-order valence-corrected chi connectivity index (χ4v) is 3.88. The van der Waals surface area contributed by atoms with Gasteiger partial charge in [0.25, 0.3) is 5.91 Å². The Hall–Kier alpha value is -1.39. The van der Waals surface area contributed by atoms with Gasteiger partial charge in [-0.05, 0) is 42.0 Å². The molecule has 0 saturated carbocycles. The van der Waals surface area contributed by atoms with Crippen LogP contribution in [0.15, 0.2) is 29.8 Å². The maximum Gasteiger partial charge on any atom is 0.254 e. The number of halogens is 1. The molecule has 2 aromatic heterocycles. The first-order valence-corrected chi connectivity index (χ1v) is 7.95. The highest BCUT2D eigenvalue weighted by Crippen LogP contribution is 2.36. The number of pyridine rings is 1. The van der Waals surface area contributed by atoms with E-state index in [-0.39, 0.29) is 11.9 Å². The number of rotatable bonds is 2. The van der Waals surface area contributed by atoms with Crippen molar-refractivity contribution in [3.05, 3.63) is 50.9 Å². The topological polar surface area (TPSA) is 33.2 Å². The zero-order chi connectivity index (χ0) is 14.1. The van der Waals surface area contributed by atoms with Crippen LogP contribution in [0.1, 0.15) is 40.2 Å². The summed E-state index contributed by atoms with van der Waals surface area (Å²) in [5, 5.41) is 2.47. The third kappa shape index (κ3) is 2.34. The molecule has 0 radical (unpaired) electrons. The van der Waals surface area contributed by atoms with Gasteiger partial charge in [-0.1, -0.05) is 18.5 Å². The van der Waals surface area contributed by atoms with Crippen LogP contribution in [0.4, 0.5) is 0 Å². The second-order valence-electron chi connectivity index (χ2n) is 4.84. The van der Waals surface area contributed by atoms with E-state index in [4.69, 9.17) is 11.6 Å². The van der Waals surface area contributed by atoms with E-state index in [2.05, 4.69) is 23.4 Å². The van der Waals surface area contributed by atoms with Crippen LogP contribution in [0.3, 0.4) is 0 Å². The van der Waals surface area contributed by atoms with Gasteiger partial charge in [0.1, 0.15) is 5.15 Å². The monoisotopic (exact) mass is 306 g/mol. The van der Waals surface area contributed by atoms with Gasteiger partial charge in [0.05, 0.1) is 6.04 Å². The van der Waals surface area contributed by atoms with Gasteiger partial charge in [0.15, 0.2) is 0 Å². The summed E-state index contributed by atoms with van der Waals surface area (Å²) in [6.45, 7) is 2.89. The Balaban J connectivity index is 1.92. The van der Waals surface area contributed by atoms with Crippen LogP contribution in [0.25, 0.3) is 0 Å². The summed E-state index contributed by atoms with van der Waals surface area (Å²) in [7, 11) is 0. The fraction of sp³-hybridized carbons (Fsp3) is 0.333. The lowest BCUT2D eigenvalue weighted by atomic mass is 9.97. The Bertz CT molecular complexity index is 640. The third-order valence-corrected chi connectivity index (χ3v) is 4.92. The fourth-order valence-electron chi connectivity index (χ4n) is 2.78. The van der Waals surface area contributed by atoms with E-state index in [1.165, 1.54) is 10.4 Å². The van der Waals surface area contributed by atoms with Crippen LogP contribution in [0.2, 0.25) is 5.15 Å². The number of hydrogen-bond acceptors (Lipinski definition) is 3. The molecule has 104 valence electrons. The number of amides is 1. The van der Waals surface area contributed by atoms with Crippen molar-refractivity contribution < 1.29 is 4.79 Å². The second kappa shape index (κ2) is 5.54. The van der Waals surface area contributed by atoms with E-state index in [9.17, 15) is 4.79 Å². The molecule has 20 heavy (non-hydrogen) atoms. The van der Waals surface area contributed by atoms with Gasteiger partial charge in [-0.15, -0.1) is 11.3 Å². The average molecular weight is 307 g/mol. The quantitative estimate of drug-likeness (QED) is 0.787. The number of carbonyl (C=O) groups excluding carboxylic acids is 1. The Labute approximate surface area is 127 Å². The van der Waals surface area contributed by atoms with Crippen LogP contribution in [-0.2, 0) is 6.42 Å². The van der Waals surface area contributed by atoms with Crippen LogP contribution in [-0.4, -0.2) is 22.3 Å². The normalized spacial score (nSPS) is 17.9. The van der Waals surface area contributed by atoms with E-state index in [1.54, 1.807) is 29.7 Å². The largest absolute Gasteiger partial charge is 0.331 e. The average Bonchev–Trinajstić information content (AvgIpc) is 2.93. The maximum absolute atomic E-state index is 12.7. The molecule has 1 atom stereocenters. The zero-order valence-corrected chi connectivity index (χ0v) is 12.7. The summed E-state index contributed by atoms with van der Waals surface area (Å²) in [5.41, 5.74) is 1.92. The molecule has 3 rings (SSSR count). The predicted octanol–water partition coefficient (Wildman–Crippen LogP) is 3.95. The van der Waals surface area contributed by atoms with Crippen molar-refractivity contribution in [1.29, 1.82) is 0 Å². The molecule has 0 fully saturated rings. The molecule has 1 aliphatic rings. The van der Waals surface area contributed by atoms with E-state index in [1.807, 2.05) is 4.90 Å². The summed E-state index contributed by atoms with van der Waals surface area (Å²) in [4.78, 5) is 20.0. The molecule has 2 aromatic rings. The molecule has 1 aliphatic heterocycles. The SMILES string of the molecule is CCC1c2ccsc2CCN1C(=O)c1ccnc(Cl)c1. The molecular weight excluding hydrogens is 292 g/mol. The number of aromatic nitrogens is 1. The Morgan fingerprint density at radius 2 is 2.40 bits per heavy atom. The molecule has 3 heterocycles. The van der Waals surface area contributed by atoms with Gasteiger partial charge >= 0.3 is 0 Å². The minimum atomic E-state index is 0.0398. The Morgan fingerprint density at radius 1 is 1.55 bits per heavy atom. The van der Waals surface area contributed by atoms with Crippen molar-refractivity contribution in [1.82, 2.24) is 9.88 Å². The molecule has 0 spiro atoms. The summed E-state index contributed by atoms with van der Waals surface area (Å²) < 4.78 is 0. The highest BCUT2D eigenvalue weighted by atomic mass is 35.5. The number of nitrogens with zero attached hydrogens (tertiary/aromatic N) is 2. The molecule has 5 heteroatoms. The molecule has 0 aromatic carbocycles. The molecule has 0 bridgehead atoms. The van der Waals surface area contributed by atoms with Crippen LogP contribution < -0.4 is 0 Å². The summed E-state index contributed by atoms with van der Waals surface area (Å²) in [6.07, 6.45) is 3.44. The lowest BCUT2D eigenvalue weighted by Gasteiger charge is -2.35. The minimum Gasteiger partial charge on any atom is -0.331 e. The van der Waals surface area contributed by atoms with E-state index in [0.29, 0.717) is 10.7 Å². The number of thiophene rings is 1. The highest BCUT2D eigenvalue weighted by molar-refractivity contribution is 7.10. The molecule has 1 amide bonds. The van der Waals surface area contributed by atoms with Crippen molar-refractivity contribution >= 4 is 28.8 Å². The lowest BCUT2D eigenvalue weighted by molar-refractivity contribution is 0.0657. The third-order valence-electron chi connectivity index (χ3n) is 3.72. The van der Waals surface area contributed by atoms with Gasteiger partial charge in [0, 0.05) is 23.2 Å². The standard InChI is InChI=1S/C15H15ClN2OS/c1-2-12-11-5-8-20-13(11)4-7-18(12)15(19)10-3-6-17-14(16)9-10/h3,5-6,8-9,12H,2,4,7H2,1H3. The number of hydrogen-bond donors (Lipinski definition) is 0. The van der Waals surface area contributed by atoms with E-state index >= 15 is 0 Å². The summed E-state index contributed by atoms with van der Waals surface area (Å²) >= 11 is 7.67. The lowest BCUT2D eigenvalue weighted by Crippen LogP contribution is -2.39. The van der Waals surface area contributed by atoms with Gasteiger partial charge in [0.2, 0.25) is 0 Å². The summed E-state index contributed by atoms with van der Waals surface area (Å²) in [6, 6.07) is 5.68. The smallest absolute Gasteiger partial charge is 0.254 e. The molecule has 0 saturated heterocycles. The first-order chi connectivity index (χ1) is 9.70. The Morgan fingerprint density at radius 3 is 3.15 bits per heavy atom. The van der Waals surface area contributed by atoms with E-state index < -0.39 is 0 Å².